The molecule has 0 saturated heterocycles. The monoisotopic (exact) mass is 676 g/mol. The van der Waals surface area contributed by atoms with E-state index in [9.17, 15) is 0 Å². The fourth-order valence-corrected chi connectivity index (χ4v) is 5.55. The van der Waals surface area contributed by atoms with Crippen molar-refractivity contribution in [3.8, 4) is 0 Å². The summed E-state index contributed by atoms with van der Waals surface area (Å²) in [5.74, 6) is 1.20. The van der Waals surface area contributed by atoms with E-state index in [4.69, 9.17) is 0 Å². The molecule has 1 aliphatic carbocycles. The van der Waals surface area contributed by atoms with Gasteiger partial charge in [-0.1, -0.05) is 116 Å². The summed E-state index contributed by atoms with van der Waals surface area (Å²) in [6.07, 6.45) is 5.68. The Kier molecular flexibility index (Phi) is 14.5. The zero-order chi connectivity index (χ0) is 29.8. The second kappa shape index (κ2) is 15.9. The minimum atomic E-state index is 0. The molecule has 224 valence electrons. The van der Waals surface area contributed by atoms with Crippen molar-refractivity contribution >= 4 is 25.3 Å². The van der Waals surface area contributed by atoms with Crippen LogP contribution in [-0.4, -0.2) is 3.71 Å². The van der Waals surface area contributed by atoms with E-state index < -0.39 is 0 Å². The van der Waals surface area contributed by atoms with Gasteiger partial charge in [-0.15, -0.1) is 39.7 Å². The molecule has 0 fully saturated rings. The molecule has 0 N–H and O–H groups in total. The molecule has 1 atom stereocenters. The van der Waals surface area contributed by atoms with Crippen LogP contribution >= 0.6 is 0 Å². The van der Waals surface area contributed by atoms with Gasteiger partial charge in [-0.3, -0.25) is 6.08 Å². The van der Waals surface area contributed by atoms with E-state index in [1.807, 2.05) is 0 Å². The topological polar surface area (TPSA) is 0 Å². The average Bonchev–Trinajstić information content (AvgIpc) is 3.42. The van der Waals surface area contributed by atoms with Crippen LogP contribution in [0.25, 0.3) is 21.5 Å². The molecule has 3 heteroatoms. The number of hydrogen-bond acceptors (Lipinski definition) is 0. The minimum absolute atomic E-state index is 0. The molecule has 5 rings (SSSR count). The number of aryl methyl sites for hydroxylation is 1. The first-order chi connectivity index (χ1) is 18.6. The first-order valence-corrected chi connectivity index (χ1v) is 16.1. The van der Waals surface area contributed by atoms with Crippen molar-refractivity contribution in [2.45, 2.75) is 87.0 Å². The van der Waals surface area contributed by atoms with Crippen LogP contribution in [0, 0.1) is 24.8 Å². The number of benzene rings is 3. The molecule has 4 aromatic rings. The van der Waals surface area contributed by atoms with Crippen LogP contribution in [0.15, 0.2) is 84.0 Å². The van der Waals surface area contributed by atoms with Crippen LogP contribution in [0.4, 0.5) is 0 Å². The van der Waals surface area contributed by atoms with Crippen molar-refractivity contribution in [3.63, 3.8) is 0 Å². The predicted molar refractivity (Wildman–Crippen MR) is 175 cm³/mol. The van der Waals surface area contributed by atoms with Gasteiger partial charge in [0.25, 0.3) is 0 Å². The van der Waals surface area contributed by atoms with E-state index in [-0.39, 0.29) is 35.6 Å². The number of halogens is 2. The van der Waals surface area contributed by atoms with Gasteiger partial charge in [0.05, 0.1) is 0 Å². The van der Waals surface area contributed by atoms with Gasteiger partial charge in [0, 0.05) is 0 Å². The van der Waals surface area contributed by atoms with Crippen LogP contribution in [0.1, 0.15) is 91.5 Å². The second-order valence-corrected chi connectivity index (χ2v) is 14.3. The second-order valence-electron chi connectivity index (χ2n) is 13.6. The molecule has 1 unspecified atom stereocenters. The molecule has 0 nitrogen and oxygen atoms in total. The van der Waals surface area contributed by atoms with Gasteiger partial charge < -0.3 is 24.8 Å². The van der Waals surface area contributed by atoms with Crippen molar-refractivity contribution in [3.05, 3.63) is 112 Å². The maximum absolute atomic E-state index is 3.37. The molecule has 0 aliphatic heterocycles. The van der Waals surface area contributed by atoms with Crippen molar-refractivity contribution in [2.24, 2.45) is 11.8 Å². The summed E-state index contributed by atoms with van der Waals surface area (Å²) in [4.78, 5) is 0. The SMILES string of the molecule is CC(C)(C)c1ccc2[cH-]c3ccc(C(C)(C)C)cc3c2c1.CC1=[C-]C(C)C=C1C(C)C.Cc1ccc([CH]=[Zr+2])cc1.[Cl-].[Cl-]. The molecule has 0 bridgehead atoms. The Morgan fingerprint density at radius 1 is 0.762 bits per heavy atom. The van der Waals surface area contributed by atoms with E-state index in [0.29, 0.717) is 11.8 Å². The Morgan fingerprint density at radius 2 is 1.21 bits per heavy atom. The molecule has 0 spiro atoms. The van der Waals surface area contributed by atoms with E-state index in [0.717, 1.165) is 0 Å². The Balaban J connectivity index is 0.000000353. The maximum Gasteiger partial charge on any atom is -1.00 e. The van der Waals surface area contributed by atoms with Gasteiger partial charge in [0.15, 0.2) is 0 Å². The van der Waals surface area contributed by atoms with Crippen LogP contribution < -0.4 is 24.8 Å². The molecule has 42 heavy (non-hydrogen) atoms. The normalized spacial score (nSPS) is 14.6. The van der Waals surface area contributed by atoms with Crippen molar-refractivity contribution in [1.29, 1.82) is 0 Å². The number of rotatable bonds is 2. The van der Waals surface area contributed by atoms with Gasteiger partial charge in [-0.05, 0) is 10.8 Å². The van der Waals surface area contributed by atoms with Gasteiger partial charge in [-0.2, -0.15) is 11.6 Å². The van der Waals surface area contributed by atoms with Gasteiger partial charge in [-0.25, -0.2) is 5.57 Å². The fraction of sp³-hybridized carbons (Fsp3) is 0.385. The Labute approximate surface area is 283 Å². The number of hydrogen-bond donors (Lipinski definition) is 0. The molecule has 0 saturated carbocycles. The van der Waals surface area contributed by atoms with Crippen molar-refractivity contribution in [2.75, 3.05) is 0 Å². The largest absolute Gasteiger partial charge is 1.00 e. The van der Waals surface area contributed by atoms with E-state index >= 15 is 0 Å². The first kappa shape index (κ1) is 38.4. The van der Waals surface area contributed by atoms with Crippen LogP contribution in [0.2, 0.25) is 0 Å². The van der Waals surface area contributed by atoms with Gasteiger partial charge in [0.2, 0.25) is 0 Å². The first-order valence-electron chi connectivity index (χ1n) is 14.6. The third-order valence-corrected chi connectivity index (χ3v) is 8.43. The molecule has 0 heterocycles. The quantitative estimate of drug-likeness (QED) is 0.263. The molecule has 0 radical (unpaired) electrons. The number of allylic oxidation sites excluding steroid dienone is 4. The van der Waals surface area contributed by atoms with E-state index in [1.165, 1.54) is 79.2 Å². The van der Waals surface area contributed by atoms with Gasteiger partial charge in [0.1, 0.15) is 0 Å². The molecule has 0 aromatic heterocycles. The standard InChI is InChI=1S/C21H25.C10H15.C8H8.2ClH.Zr/c1-20(2,3)16-9-7-14-11-15-8-10-17(21(4,5)6)13-19(15)18(14)12-16;1-7(2)10-6-8(3)5-9(10)4;1-7-3-5-8(2)6-4-7;;;/h7-13H,1-6H3;6-8H,1-4H3;1,3-6H,2H3;2*1H;/q2*-1;;;;+2/p-2. The van der Waals surface area contributed by atoms with E-state index in [2.05, 4.69) is 159 Å². The van der Waals surface area contributed by atoms with Crippen LogP contribution in [0.5, 0.6) is 0 Å². The van der Waals surface area contributed by atoms with Gasteiger partial charge >= 0.3 is 70.3 Å². The molecule has 0 amide bonds. The smallest absolute Gasteiger partial charge is 1.00 e. The predicted octanol–water partition coefficient (Wildman–Crippen LogP) is 4.98. The summed E-state index contributed by atoms with van der Waals surface area (Å²) in [5.41, 5.74) is 8.69. The summed E-state index contributed by atoms with van der Waals surface area (Å²) in [5, 5.41) is 5.49. The van der Waals surface area contributed by atoms with E-state index in [1.54, 1.807) is 0 Å². The summed E-state index contributed by atoms with van der Waals surface area (Å²) < 4.78 is 2.19. The zero-order valence-corrected chi connectivity index (χ0v) is 31.4. The average molecular weight is 679 g/mol. The Bertz CT molecular complexity index is 1450. The van der Waals surface area contributed by atoms with Crippen molar-refractivity contribution in [1.82, 2.24) is 0 Å². The van der Waals surface area contributed by atoms with Crippen LogP contribution in [-0.2, 0) is 35.1 Å². The van der Waals surface area contributed by atoms with Crippen molar-refractivity contribution < 1.29 is 49.0 Å². The molecule has 1 aliphatic rings. The Hall–Kier alpha value is -1.66. The molecular weight excluding hydrogens is 631 g/mol. The molecule has 4 aromatic carbocycles. The summed E-state index contributed by atoms with van der Waals surface area (Å²) in [6.45, 7) is 24.6. The third kappa shape index (κ3) is 10.2. The summed E-state index contributed by atoms with van der Waals surface area (Å²) >= 11 is 1.47. The minimum Gasteiger partial charge on any atom is -1.00 e. The summed E-state index contributed by atoms with van der Waals surface area (Å²) in [7, 11) is 0. The summed E-state index contributed by atoms with van der Waals surface area (Å²) in [6, 6.07) is 24.7. The zero-order valence-electron chi connectivity index (χ0n) is 27.4. The maximum atomic E-state index is 3.37. The number of fused-ring (bicyclic) bond motifs is 3. The molecular formula is C39H48Cl2Zr-2. The van der Waals surface area contributed by atoms with Crippen LogP contribution in [0.3, 0.4) is 0 Å². The third-order valence-electron chi connectivity index (χ3n) is 7.61. The fourth-order valence-electron chi connectivity index (χ4n) is 5.08. The Morgan fingerprint density at radius 3 is 1.52 bits per heavy atom.